The normalized spacial score (nSPS) is 17.0. The summed E-state index contributed by atoms with van der Waals surface area (Å²) in [7, 11) is 3.78. The van der Waals surface area contributed by atoms with Gasteiger partial charge < -0.3 is 10.2 Å². The van der Waals surface area contributed by atoms with E-state index in [-0.39, 0.29) is 31.8 Å². The van der Waals surface area contributed by atoms with E-state index in [9.17, 15) is 18.0 Å². The van der Waals surface area contributed by atoms with E-state index in [1.807, 2.05) is 31.1 Å². The van der Waals surface area contributed by atoms with E-state index in [2.05, 4.69) is 20.5 Å². The average molecular weight is 494 g/mol. The third-order valence-corrected chi connectivity index (χ3v) is 7.30. The SMILES string of the molecule is CN(C)[C@H](CNC(=O)C[C@@H](c1cccnc1)C1(C(F)(F)F)CC1)Cc1ccc2[nH]ncc2c1Cl. The molecule has 1 aromatic carbocycles. The van der Waals surface area contributed by atoms with Gasteiger partial charge >= 0.3 is 6.18 Å². The number of aromatic nitrogens is 3. The standard InChI is InChI=1S/C24H27ClF3N5O/c1-33(2)17(10-15-5-6-20-18(22(15)25)14-31-32-20)13-30-21(34)11-19(16-4-3-9-29-12-16)23(7-8-23)24(26,27)28/h3-6,9,12,14,17,19H,7-8,10-11,13H2,1-2H3,(H,30,34)(H,31,32)/t17-,19-/m0/s1. The third kappa shape index (κ3) is 4.90. The van der Waals surface area contributed by atoms with E-state index in [4.69, 9.17) is 11.6 Å². The molecule has 1 aliphatic rings. The highest BCUT2D eigenvalue weighted by Gasteiger charge is 2.67. The fraction of sp³-hybridized carbons (Fsp3) is 0.458. The molecule has 0 aliphatic heterocycles. The van der Waals surface area contributed by atoms with E-state index < -0.39 is 23.4 Å². The summed E-state index contributed by atoms with van der Waals surface area (Å²) in [4.78, 5) is 18.8. The summed E-state index contributed by atoms with van der Waals surface area (Å²) < 4.78 is 41.7. The number of carbonyl (C=O) groups is 1. The van der Waals surface area contributed by atoms with Gasteiger partial charge in [-0.2, -0.15) is 18.3 Å². The number of aromatic amines is 1. The molecule has 2 atom stereocenters. The van der Waals surface area contributed by atoms with Crippen LogP contribution in [-0.2, 0) is 11.2 Å². The maximum atomic E-state index is 13.9. The molecule has 0 bridgehead atoms. The topological polar surface area (TPSA) is 73.9 Å². The maximum absolute atomic E-state index is 13.9. The summed E-state index contributed by atoms with van der Waals surface area (Å²) in [5.74, 6) is -1.37. The van der Waals surface area contributed by atoms with E-state index in [0.29, 0.717) is 17.0 Å². The second kappa shape index (κ2) is 9.54. The number of pyridine rings is 1. The maximum Gasteiger partial charge on any atom is 0.395 e. The van der Waals surface area contributed by atoms with Gasteiger partial charge in [0.2, 0.25) is 5.91 Å². The smallest absolute Gasteiger partial charge is 0.355 e. The molecule has 0 unspecified atom stereocenters. The molecule has 34 heavy (non-hydrogen) atoms. The van der Waals surface area contributed by atoms with E-state index in [1.54, 1.807) is 18.3 Å². The number of hydrogen-bond acceptors (Lipinski definition) is 4. The van der Waals surface area contributed by atoms with Crippen LogP contribution in [-0.4, -0.2) is 58.8 Å². The second-order valence-electron chi connectivity index (χ2n) is 9.19. The highest BCUT2D eigenvalue weighted by atomic mass is 35.5. The van der Waals surface area contributed by atoms with Gasteiger partial charge in [0.05, 0.1) is 22.2 Å². The number of halogens is 4. The molecule has 1 fully saturated rings. The number of likely N-dealkylation sites (N-methyl/N-ethyl adjacent to an activating group) is 1. The largest absolute Gasteiger partial charge is 0.395 e. The van der Waals surface area contributed by atoms with Gasteiger partial charge in [0.25, 0.3) is 0 Å². The first-order valence-corrected chi connectivity index (χ1v) is 11.5. The number of amides is 1. The Labute approximate surface area is 200 Å². The minimum atomic E-state index is -4.37. The Morgan fingerprint density at radius 1 is 1.26 bits per heavy atom. The fourth-order valence-electron chi connectivity index (χ4n) is 4.54. The zero-order valence-corrected chi connectivity index (χ0v) is 19.7. The number of alkyl halides is 3. The Bertz CT molecular complexity index is 1140. The fourth-order valence-corrected chi connectivity index (χ4v) is 4.84. The summed E-state index contributed by atoms with van der Waals surface area (Å²) in [6.45, 7) is 0.282. The van der Waals surface area contributed by atoms with Gasteiger partial charge in [0, 0.05) is 42.7 Å². The van der Waals surface area contributed by atoms with E-state index >= 15 is 0 Å². The number of H-pyrrole nitrogens is 1. The Hall–Kier alpha value is -2.65. The number of hydrogen-bond donors (Lipinski definition) is 2. The van der Waals surface area contributed by atoms with Gasteiger partial charge in [-0.3, -0.25) is 14.9 Å². The lowest BCUT2D eigenvalue weighted by atomic mass is 9.80. The van der Waals surface area contributed by atoms with Crippen LogP contribution in [0.4, 0.5) is 13.2 Å². The van der Waals surface area contributed by atoms with Crippen LogP contribution in [0.15, 0.2) is 42.9 Å². The van der Waals surface area contributed by atoms with Crippen LogP contribution in [0.1, 0.15) is 36.3 Å². The van der Waals surface area contributed by atoms with Crippen LogP contribution in [0.2, 0.25) is 5.02 Å². The first-order valence-electron chi connectivity index (χ1n) is 11.1. The van der Waals surface area contributed by atoms with Crippen LogP contribution in [0.3, 0.4) is 0 Å². The predicted octanol–water partition coefficient (Wildman–Crippen LogP) is 4.72. The van der Waals surface area contributed by atoms with Gasteiger partial charge in [-0.1, -0.05) is 23.7 Å². The molecule has 1 amide bonds. The van der Waals surface area contributed by atoms with Crippen LogP contribution >= 0.6 is 11.6 Å². The molecular weight excluding hydrogens is 467 g/mol. The number of carbonyl (C=O) groups excluding carboxylic acids is 1. The van der Waals surface area contributed by atoms with Gasteiger partial charge in [0.1, 0.15) is 0 Å². The van der Waals surface area contributed by atoms with Crippen molar-refractivity contribution in [2.75, 3.05) is 20.6 Å². The molecule has 3 aromatic rings. The van der Waals surface area contributed by atoms with Crippen molar-refractivity contribution in [1.82, 2.24) is 25.4 Å². The second-order valence-corrected chi connectivity index (χ2v) is 9.57. The highest BCUT2D eigenvalue weighted by Crippen LogP contribution is 2.66. The van der Waals surface area contributed by atoms with Crippen molar-refractivity contribution in [3.63, 3.8) is 0 Å². The van der Waals surface area contributed by atoms with E-state index in [0.717, 1.165) is 16.5 Å². The molecular formula is C24H27ClF3N5O. The van der Waals surface area contributed by atoms with Gasteiger partial charge in [0.15, 0.2) is 0 Å². The summed E-state index contributed by atoms with van der Waals surface area (Å²) in [5, 5.41) is 11.2. The molecule has 2 aromatic heterocycles. The average Bonchev–Trinajstić information content (AvgIpc) is 3.47. The van der Waals surface area contributed by atoms with Crippen LogP contribution in [0, 0.1) is 5.41 Å². The summed E-state index contributed by atoms with van der Waals surface area (Å²) in [6, 6.07) is 6.95. The third-order valence-electron chi connectivity index (χ3n) is 6.86. The number of nitrogens with one attached hydrogen (secondary N) is 2. The van der Waals surface area contributed by atoms with Crippen molar-refractivity contribution in [3.05, 3.63) is 59.0 Å². The summed E-state index contributed by atoms with van der Waals surface area (Å²) in [6.07, 6.45) is 0.612. The zero-order chi connectivity index (χ0) is 24.5. The van der Waals surface area contributed by atoms with Crippen molar-refractivity contribution >= 4 is 28.4 Å². The molecule has 10 heteroatoms. The number of benzene rings is 1. The summed E-state index contributed by atoms with van der Waals surface area (Å²) in [5.41, 5.74) is 0.327. The van der Waals surface area contributed by atoms with E-state index in [1.165, 1.54) is 12.4 Å². The molecule has 2 heterocycles. The molecule has 0 saturated heterocycles. The van der Waals surface area contributed by atoms with Crippen molar-refractivity contribution < 1.29 is 18.0 Å². The molecule has 4 rings (SSSR count). The Morgan fingerprint density at radius 2 is 2.03 bits per heavy atom. The molecule has 1 aliphatic carbocycles. The Kier molecular flexibility index (Phi) is 6.87. The quantitative estimate of drug-likeness (QED) is 0.452. The molecule has 1 saturated carbocycles. The van der Waals surface area contributed by atoms with Crippen molar-refractivity contribution in [2.24, 2.45) is 5.41 Å². The Morgan fingerprint density at radius 3 is 2.65 bits per heavy atom. The van der Waals surface area contributed by atoms with Crippen LogP contribution in [0.25, 0.3) is 10.9 Å². The predicted molar refractivity (Wildman–Crippen MR) is 125 cm³/mol. The van der Waals surface area contributed by atoms with Gasteiger partial charge in [-0.25, -0.2) is 0 Å². The lowest BCUT2D eigenvalue weighted by Gasteiger charge is -2.30. The molecule has 0 radical (unpaired) electrons. The first-order chi connectivity index (χ1) is 16.1. The molecule has 2 N–H and O–H groups in total. The van der Waals surface area contributed by atoms with Crippen molar-refractivity contribution in [1.29, 1.82) is 0 Å². The Balaban J connectivity index is 1.45. The van der Waals surface area contributed by atoms with Crippen LogP contribution in [0.5, 0.6) is 0 Å². The van der Waals surface area contributed by atoms with Gasteiger partial charge in [-0.15, -0.1) is 0 Å². The number of fused-ring (bicyclic) bond motifs is 1. The lowest BCUT2D eigenvalue weighted by molar-refractivity contribution is -0.194. The molecule has 6 nitrogen and oxygen atoms in total. The van der Waals surface area contributed by atoms with Crippen molar-refractivity contribution in [3.8, 4) is 0 Å². The molecule has 182 valence electrons. The number of nitrogens with zero attached hydrogens (tertiary/aromatic N) is 3. The van der Waals surface area contributed by atoms with Crippen LogP contribution < -0.4 is 5.32 Å². The minimum Gasteiger partial charge on any atom is -0.355 e. The van der Waals surface area contributed by atoms with Gasteiger partial charge in [-0.05, 0) is 56.6 Å². The van der Waals surface area contributed by atoms with Crippen molar-refractivity contribution in [2.45, 2.75) is 43.8 Å². The highest BCUT2D eigenvalue weighted by molar-refractivity contribution is 6.36. The first kappa shape index (κ1) is 24.5. The minimum absolute atomic E-state index is 0.0264. The monoisotopic (exact) mass is 493 g/mol. The number of rotatable bonds is 9. The lowest BCUT2D eigenvalue weighted by Crippen LogP contribution is -2.42. The summed E-state index contributed by atoms with van der Waals surface area (Å²) >= 11 is 6.55. The molecule has 0 spiro atoms. The zero-order valence-electron chi connectivity index (χ0n) is 19.0.